The van der Waals surface area contributed by atoms with Crippen LogP contribution in [0.25, 0.3) is 22.0 Å². The lowest BCUT2D eigenvalue weighted by Crippen LogP contribution is -2.25. The highest BCUT2D eigenvalue weighted by Crippen LogP contribution is 2.26. The van der Waals surface area contributed by atoms with Crippen molar-refractivity contribution in [3.8, 4) is 11.1 Å². The van der Waals surface area contributed by atoms with Gasteiger partial charge in [-0.1, -0.05) is 92.2 Å². The Kier molecular flexibility index (Phi) is 8.63. The van der Waals surface area contributed by atoms with E-state index in [1.165, 1.54) is 5.56 Å². The summed E-state index contributed by atoms with van der Waals surface area (Å²) in [6.07, 6.45) is 3.56. The molecule has 1 aromatic heterocycles. The monoisotopic (exact) mass is 559 g/mol. The maximum atomic E-state index is 13.8. The van der Waals surface area contributed by atoms with Crippen molar-refractivity contribution < 1.29 is 19.8 Å². The van der Waals surface area contributed by atoms with Crippen LogP contribution in [-0.2, 0) is 25.8 Å². The Morgan fingerprint density at radius 1 is 0.714 bits per heavy atom. The molecule has 0 unspecified atom stereocenters. The maximum absolute atomic E-state index is 13.8. The number of hydrogen-bond acceptors (Lipinski definition) is 3. The van der Waals surface area contributed by atoms with Crippen LogP contribution in [0.2, 0.25) is 0 Å². The van der Waals surface area contributed by atoms with Gasteiger partial charge in [0.05, 0.1) is 11.1 Å². The third-order valence-electron chi connectivity index (χ3n) is 7.72. The van der Waals surface area contributed by atoms with E-state index in [1.807, 2.05) is 67.6 Å². The standard InChI is InChI=1S/C36H33NO5/c1-2-3-11-30-33(36(41)42)37(23-26-16-19-27(20-17-26)28-12-7-8-13-29(28)35(39)40)32-21-18-25(22-31(32)34(30)38)15-14-24-9-5-4-6-10-24/h4-10,12-13,16-22H,2-3,11,14-15,23H2,1H3,(H,39,40)(H,41,42). The number of hydrogen-bond donors (Lipinski definition) is 2. The first-order valence-electron chi connectivity index (χ1n) is 14.2. The molecule has 0 aliphatic rings. The summed E-state index contributed by atoms with van der Waals surface area (Å²) in [4.78, 5) is 38.1. The molecule has 0 saturated carbocycles. The SMILES string of the molecule is CCCCc1c(C(=O)O)n(Cc2ccc(-c3ccccc3C(=O)O)cc2)c2ccc(CCc3ccccc3)cc2c1=O. The van der Waals surface area contributed by atoms with Crippen molar-refractivity contribution in [3.05, 3.63) is 141 Å². The molecule has 0 saturated heterocycles. The van der Waals surface area contributed by atoms with E-state index in [0.717, 1.165) is 36.0 Å². The summed E-state index contributed by atoms with van der Waals surface area (Å²) in [5.74, 6) is -2.12. The largest absolute Gasteiger partial charge is 0.478 e. The van der Waals surface area contributed by atoms with Crippen molar-refractivity contribution in [1.82, 2.24) is 4.57 Å². The van der Waals surface area contributed by atoms with Crippen LogP contribution in [0, 0.1) is 0 Å². The molecular weight excluding hydrogens is 526 g/mol. The molecule has 0 aliphatic heterocycles. The normalized spacial score (nSPS) is 11.1. The van der Waals surface area contributed by atoms with Gasteiger partial charge < -0.3 is 14.8 Å². The molecule has 0 atom stereocenters. The molecule has 0 radical (unpaired) electrons. The molecule has 4 aromatic carbocycles. The molecule has 0 aliphatic carbocycles. The first-order chi connectivity index (χ1) is 20.4. The van der Waals surface area contributed by atoms with Gasteiger partial charge in [0.1, 0.15) is 5.69 Å². The average Bonchev–Trinajstić information content (AvgIpc) is 3.01. The third kappa shape index (κ3) is 6.03. The summed E-state index contributed by atoms with van der Waals surface area (Å²) in [5.41, 5.74) is 5.41. The molecule has 0 fully saturated rings. The summed E-state index contributed by atoms with van der Waals surface area (Å²) >= 11 is 0. The number of pyridine rings is 1. The van der Waals surface area contributed by atoms with Crippen molar-refractivity contribution in [2.75, 3.05) is 0 Å². The minimum Gasteiger partial charge on any atom is -0.478 e. The Bertz CT molecular complexity index is 1800. The summed E-state index contributed by atoms with van der Waals surface area (Å²) in [5, 5.41) is 20.5. The Morgan fingerprint density at radius 3 is 2.07 bits per heavy atom. The third-order valence-corrected chi connectivity index (χ3v) is 7.72. The molecule has 212 valence electrons. The minimum atomic E-state index is -1.12. The van der Waals surface area contributed by atoms with Crippen LogP contribution in [0.1, 0.15) is 62.9 Å². The fourth-order valence-electron chi connectivity index (χ4n) is 5.53. The lowest BCUT2D eigenvalue weighted by atomic mass is 9.97. The maximum Gasteiger partial charge on any atom is 0.352 e. The van der Waals surface area contributed by atoms with Gasteiger partial charge in [0, 0.05) is 17.5 Å². The summed E-state index contributed by atoms with van der Waals surface area (Å²) in [6.45, 7) is 2.27. The average molecular weight is 560 g/mol. The number of rotatable bonds is 11. The van der Waals surface area contributed by atoms with Gasteiger partial charge in [-0.3, -0.25) is 4.79 Å². The predicted octanol–water partition coefficient (Wildman–Crippen LogP) is 7.24. The van der Waals surface area contributed by atoms with Crippen LogP contribution in [0.4, 0.5) is 0 Å². The van der Waals surface area contributed by atoms with Crippen molar-refractivity contribution in [2.45, 2.75) is 45.6 Å². The number of aromatic carboxylic acids is 2. The Labute approximate surface area is 244 Å². The van der Waals surface area contributed by atoms with E-state index in [-0.39, 0.29) is 23.2 Å². The molecule has 6 nitrogen and oxygen atoms in total. The number of aromatic nitrogens is 1. The minimum absolute atomic E-state index is 0.0262. The number of fused-ring (bicyclic) bond motifs is 1. The van der Waals surface area contributed by atoms with E-state index < -0.39 is 11.9 Å². The van der Waals surface area contributed by atoms with E-state index in [1.54, 1.807) is 28.8 Å². The smallest absolute Gasteiger partial charge is 0.352 e. The molecule has 1 heterocycles. The zero-order valence-electron chi connectivity index (χ0n) is 23.5. The number of carbonyl (C=O) groups is 2. The zero-order chi connectivity index (χ0) is 29.6. The van der Waals surface area contributed by atoms with E-state index in [4.69, 9.17) is 0 Å². The van der Waals surface area contributed by atoms with Gasteiger partial charge >= 0.3 is 11.9 Å². The Morgan fingerprint density at radius 2 is 1.38 bits per heavy atom. The molecule has 0 amide bonds. The molecule has 0 spiro atoms. The van der Waals surface area contributed by atoms with Crippen LogP contribution in [0.5, 0.6) is 0 Å². The molecule has 6 heteroatoms. The lowest BCUT2D eigenvalue weighted by molar-refractivity contribution is 0.0678. The second-order valence-electron chi connectivity index (χ2n) is 10.5. The molecule has 2 N–H and O–H groups in total. The Balaban J connectivity index is 1.57. The first kappa shape index (κ1) is 28.6. The molecule has 5 rings (SSSR count). The topological polar surface area (TPSA) is 96.6 Å². The van der Waals surface area contributed by atoms with Gasteiger partial charge in [-0.2, -0.15) is 0 Å². The quantitative estimate of drug-likeness (QED) is 0.178. The van der Waals surface area contributed by atoms with E-state index in [9.17, 15) is 24.6 Å². The number of aryl methyl sites for hydroxylation is 2. The molecular formula is C36H33NO5. The fourth-order valence-corrected chi connectivity index (χ4v) is 5.53. The Hall–Kier alpha value is -4.97. The zero-order valence-corrected chi connectivity index (χ0v) is 23.5. The van der Waals surface area contributed by atoms with Gasteiger partial charge in [0.2, 0.25) is 0 Å². The number of carboxylic acid groups (broad SMARTS) is 2. The van der Waals surface area contributed by atoms with Crippen LogP contribution in [-0.4, -0.2) is 26.7 Å². The van der Waals surface area contributed by atoms with Crippen molar-refractivity contribution in [3.63, 3.8) is 0 Å². The van der Waals surface area contributed by atoms with Crippen LogP contribution in [0.15, 0.2) is 102 Å². The fraction of sp³-hybridized carbons (Fsp3) is 0.194. The van der Waals surface area contributed by atoms with Crippen molar-refractivity contribution in [2.24, 2.45) is 0 Å². The number of benzene rings is 4. The van der Waals surface area contributed by atoms with Gasteiger partial charge in [-0.25, -0.2) is 9.59 Å². The first-order valence-corrected chi connectivity index (χ1v) is 14.2. The van der Waals surface area contributed by atoms with E-state index in [2.05, 4.69) is 12.1 Å². The predicted molar refractivity (Wildman–Crippen MR) is 166 cm³/mol. The number of nitrogens with zero attached hydrogens (tertiary/aromatic N) is 1. The summed E-state index contributed by atoms with van der Waals surface area (Å²) < 4.78 is 1.74. The van der Waals surface area contributed by atoms with Crippen LogP contribution in [0.3, 0.4) is 0 Å². The molecule has 42 heavy (non-hydrogen) atoms. The van der Waals surface area contributed by atoms with E-state index >= 15 is 0 Å². The van der Waals surface area contributed by atoms with E-state index in [0.29, 0.717) is 34.9 Å². The highest BCUT2D eigenvalue weighted by molar-refractivity contribution is 5.96. The lowest BCUT2D eigenvalue weighted by Gasteiger charge is -2.19. The number of unbranched alkanes of at least 4 members (excludes halogenated alkanes) is 1. The van der Waals surface area contributed by atoms with Gasteiger partial charge in [0.25, 0.3) is 0 Å². The highest BCUT2D eigenvalue weighted by Gasteiger charge is 2.22. The summed E-state index contributed by atoms with van der Waals surface area (Å²) in [6, 6.07) is 30.2. The van der Waals surface area contributed by atoms with Crippen LogP contribution >= 0.6 is 0 Å². The van der Waals surface area contributed by atoms with Gasteiger partial charge in [-0.05, 0) is 71.7 Å². The summed E-state index contributed by atoms with van der Waals surface area (Å²) in [7, 11) is 0. The second-order valence-corrected chi connectivity index (χ2v) is 10.5. The van der Waals surface area contributed by atoms with Crippen molar-refractivity contribution >= 4 is 22.8 Å². The number of carboxylic acids is 2. The molecule has 0 bridgehead atoms. The second kappa shape index (κ2) is 12.7. The van der Waals surface area contributed by atoms with Gasteiger partial charge in [-0.15, -0.1) is 0 Å². The highest BCUT2D eigenvalue weighted by atomic mass is 16.4. The van der Waals surface area contributed by atoms with Crippen LogP contribution < -0.4 is 5.43 Å². The molecule has 5 aromatic rings. The van der Waals surface area contributed by atoms with Crippen molar-refractivity contribution in [1.29, 1.82) is 0 Å². The van der Waals surface area contributed by atoms with Gasteiger partial charge in [0.15, 0.2) is 5.43 Å².